The molecule has 7 heteroatoms. The Morgan fingerprint density at radius 1 is 1.17 bits per heavy atom. The summed E-state index contributed by atoms with van der Waals surface area (Å²) < 4.78 is 0. The molecular formula is C22H34Cl2N4O. The topological polar surface area (TPSA) is 47.6 Å². The van der Waals surface area contributed by atoms with Gasteiger partial charge in [0, 0.05) is 38.3 Å². The molecule has 1 saturated carbocycles. The molecule has 1 unspecified atom stereocenters. The molecule has 0 aromatic heterocycles. The fourth-order valence-corrected chi connectivity index (χ4v) is 5.04. The third-order valence-corrected chi connectivity index (χ3v) is 7.19. The number of carbonyl (C=O) groups excluding carboxylic acids is 1. The predicted octanol–water partition coefficient (Wildman–Crippen LogP) is 4.77. The number of hydrogen-bond donors (Lipinski definition) is 2. The highest BCUT2D eigenvalue weighted by molar-refractivity contribution is 6.43. The van der Waals surface area contributed by atoms with E-state index in [1.54, 1.807) is 0 Å². The lowest BCUT2D eigenvalue weighted by Crippen LogP contribution is -2.52. The number of nitrogens with one attached hydrogen (secondary N) is 2. The number of benzene rings is 1. The van der Waals surface area contributed by atoms with Gasteiger partial charge < -0.3 is 15.5 Å². The van der Waals surface area contributed by atoms with Crippen LogP contribution in [0.25, 0.3) is 0 Å². The molecule has 2 N–H and O–H groups in total. The first-order valence-corrected chi connectivity index (χ1v) is 11.7. The van der Waals surface area contributed by atoms with E-state index in [-0.39, 0.29) is 6.03 Å². The zero-order chi connectivity index (χ0) is 20.8. The zero-order valence-corrected chi connectivity index (χ0v) is 19.1. The van der Waals surface area contributed by atoms with Crippen molar-refractivity contribution in [2.75, 3.05) is 37.6 Å². The quantitative estimate of drug-likeness (QED) is 0.669. The number of nitrogens with zero attached hydrogens (tertiary/aromatic N) is 2. The maximum atomic E-state index is 11.7. The molecular weight excluding hydrogens is 407 g/mol. The van der Waals surface area contributed by atoms with Crippen molar-refractivity contribution in [1.29, 1.82) is 0 Å². The molecule has 0 radical (unpaired) electrons. The second-order valence-corrected chi connectivity index (χ2v) is 9.20. The van der Waals surface area contributed by atoms with Gasteiger partial charge in [0.1, 0.15) is 0 Å². The maximum absolute atomic E-state index is 11.7. The third kappa shape index (κ3) is 6.16. The van der Waals surface area contributed by atoms with Gasteiger partial charge in [-0.15, -0.1) is 0 Å². The van der Waals surface area contributed by atoms with Gasteiger partial charge in [0.2, 0.25) is 0 Å². The highest BCUT2D eigenvalue weighted by Crippen LogP contribution is 2.34. The van der Waals surface area contributed by atoms with Gasteiger partial charge in [0.25, 0.3) is 0 Å². The largest absolute Gasteiger partial charge is 0.367 e. The number of anilines is 1. The van der Waals surface area contributed by atoms with E-state index in [1.807, 2.05) is 19.1 Å². The Morgan fingerprint density at radius 3 is 2.62 bits per heavy atom. The molecule has 0 bridgehead atoms. The highest BCUT2D eigenvalue weighted by atomic mass is 35.5. The van der Waals surface area contributed by atoms with Crippen LogP contribution in [0.5, 0.6) is 0 Å². The van der Waals surface area contributed by atoms with E-state index in [0.29, 0.717) is 28.7 Å². The number of amides is 2. The van der Waals surface area contributed by atoms with Crippen LogP contribution in [0.4, 0.5) is 10.5 Å². The molecule has 1 aromatic rings. The first-order chi connectivity index (χ1) is 14.0. The minimum absolute atomic E-state index is 0.0255. The van der Waals surface area contributed by atoms with E-state index in [9.17, 15) is 4.79 Å². The average molecular weight is 441 g/mol. The number of piperazine rings is 1. The fraction of sp³-hybridized carbons (Fsp3) is 0.682. The molecule has 1 aliphatic carbocycles. The summed E-state index contributed by atoms with van der Waals surface area (Å²) >= 11 is 12.6. The van der Waals surface area contributed by atoms with Gasteiger partial charge in [0.05, 0.1) is 15.7 Å². The lowest BCUT2D eigenvalue weighted by Gasteiger charge is -2.42. The molecule has 1 aliphatic heterocycles. The Morgan fingerprint density at radius 2 is 1.93 bits per heavy atom. The standard InChI is InChI=1S/C22H34Cl2N4O/c1-3-25-22(29)26-18-9-7-17(8-10-18)11-12-27-13-14-28(15-16(27)2)20-6-4-5-19(23)21(20)24/h4-6,16-18H,3,7-15H2,1-2H3,(H2,25,26,29). The van der Waals surface area contributed by atoms with Crippen LogP contribution in [0, 0.1) is 5.92 Å². The van der Waals surface area contributed by atoms with Crippen LogP contribution in [0.15, 0.2) is 18.2 Å². The Bertz CT molecular complexity index is 679. The van der Waals surface area contributed by atoms with Crippen molar-refractivity contribution >= 4 is 34.9 Å². The molecule has 0 spiro atoms. The SMILES string of the molecule is CCNC(=O)NC1CCC(CCN2CCN(c3cccc(Cl)c3Cl)CC2C)CC1. The summed E-state index contributed by atoms with van der Waals surface area (Å²) in [6.07, 6.45) is 5.86. The van der Waals surface area contributed by atoms with E-state index in [1.165, 1.54) is 19.3 Å². The minimum Gasteiger partial charge on any atom is -0.367 e. The van der Waals surface area contributed by atoms with Crippen molar-refractivity contribution in [3.05, 3.63) is 28.2 Å². The number of halogens is 2. The summed E-state index contributed by atoms with van der Waals surface area (Å²) in [5.41, 5.74) is 1.04. The molecule has 1 heterocycles. The van der Waals surface area contributed by atoms with E-state index < -0.39 is 0 Å². The first-order valence-electron chi connectivity index (χ1n) is 10.9. The molecule has 5 nitrogen and oxygen atoms in total. The second-order valence-electron chi connectivity index (χ2n) is 8.41. The van der Waals surface area contributed by atoms with Crippen LogP contribution in [-0.2, 0) is 0 Å². The molecule has 29 heavy (non-hydrogen) atoms. The number of urea groups is 1. The Kier molecular flexibility index (Phi) is 8.34. The van der Waals surface area contributed by atoms with Crippen molar-refractivity contribution in [3.63, 3.8) is 0 Å². The minimum atomic E-state index is -0.0255. The summed E-state index contributed by atoms with van der Waals surface area (Å²) in [6, 6.07) is 6.68. The van der Waals surface area contributed by atoms with Gasteiger partial charge in [0.15, 0.2) is 0 Å². The van der Waals surface area contributed by atoms with Crippen LogP contribution < -0.4 is 15.5 Å². The Balaban J connectivity index is 1.40. The number of rotatable bonds is 6. The smallest absolute Gasteiger partial charge is 0.314 e. The fourth-order valence-electron chi connectivity index (χ4n) is 4.62. The maximum Gasteiger partial charge on any atom is 0.314 e. The van der Waals surface area contributed by atoms with Crippen LogP contribution in [0.3, 0.4) is 0 Å². The summed E-state index contributed by atoms with van der Waals surface area (Å²) in [4.78, 5) is 16.6. The van der Waals surface area contributed by atoms with Crippen molar-refractivity contribution in [3.8, 4) is 0 Å². The molecule has 2 aliphatic rings. The highest BCUT2D eigenvalue weighted by Gasteiger charge is 2.27. The molecule has 3 rings (SSSR count). The van der Waals surface area contributed by atoms with Gasteiger partial charge in [-0.3, -0.25) is 4.90 Å². The summed E-state index contributed by atoms with van der Waals surface area (Å²) in [7, 11) is 0. The molecule has 1 aromatic carbocycles. The Hall–Kier alpha value is -1.17. The average Bonchev–Trinajstić information content (AvgIpc) is 2.70. The van der Waals surface area contributed by atoms with Crippen LogP contribution >= 0.6 is 23.2 Å². The number of hydrogen-bond acceptors (Lipinski definition) is 3. The van der Waals surface area contributed by atoms with Crippen molar-refractivity contribution in [1.82, 2.24) is 15.5 Å². The van der Waals surface area contributed by atoms with Gasteiger partial charge in [-0.1, -0.05) is 29.3 Å². The summed E-state index contributed by atoms with van der Waals surface area (Å²) in [5, 5.41) is 7.20. The number of carbonyl (C=O) groups is 1. The lowest BCUT2D eigenvalue weighted by atomic mass is 9.84. The second kappa shape index (κ2) is 10.7. The summed E-state index contributed by atoms with van der Waals surface area (Å²) in [5.74, 6) is 0.773. The van der Waals surface area contributed by atoms with Crippen molar-refractivity contribution in [2.24, 2.45) is 5.92 Å². The third-order valence-electron chi connectivity index (χ3n) is 6.38. The summed E-state index contributed by atoms with van der Waals surface area (Å²) in [6.45, 7) is 9.08. The van der Waals surface area contributed by atoms with Gasteiger partial charge in [-0.2, -0.15) is 0 Å². The van der Waals surface area contributed by atoms with E-state index >= 15 is 0 Å². The lowest BCUT2D eigenvalue weighted by molar-refractivity contribution is 0.164. The van der Waals surface area contributed by atoms with Crippen molar-refractivity contribution in [2.45, 2.75) is 58.0 Å². The van der Waals surface area contributed by atoms with Crippen molar-refractivity contribution < 1.29 is 4.79 Å². The molecule has 2 fully saturated rings. The normalized spacial score (nSPS) is 25.7. The van der Waals surface area contributed by atoms with Gasteiger partial charge in [-0.25, -0.2) is 4.79 Å². The monoisotopic (exact) mass is 440 g/mol. The molecule has 2 amide bonds. The first kappa shape index (κ1) is 22.5. The predicted molar refractivity (Wildman–Crippen MR) is 122 cm³/mol. The van der Waals surface area contributed by atoms with Gasteiger partial charge >= 0.3 is 6.03 Å². The van der Waals surface area contributed by atoms with Crippen LogP contribution in [0.2, 0.25) is 10.0 Å². The molecule has 1 saturated heterocycles. The molecule has 162 valence electrons. The van der Waals surface area contributed by atoms with E-state index in [0.717, 1.165) is 50.6 Å². The van der Waals surface area contributed by atoms with Gasteiger partial charge in [-0.05, 0) is 70.5 Å². The molecule has 1 atom stereocenters. The van der Waals surface area contributed by atoms with Crippen LogP contribution in [-0.4, -0.2) is 55.7 Å². The van der Waals surface area contributed by atoms with Crippen LogP contribution in [0.1, 0.15) is 46.0 Å². The zero-order valence-electron chi connectivity index (χ0n) is 17.6. The Labute approximate surface area is 185 Å². The van der Waals surface area contributed by atoms with E-state index in [4.69, 9.17) is 23.2 Å². The van der Waals surface area contributed by atoms with E-state index in [2.05, 4.69) is 33.4 Å².